The molecule has 44 heavy (non-hydrogen) atoms. The fraction of sp³-hybridized carbons (Fsp3) is 0.135. The van der Waals surface area contributed by atoms with Gasteiger partial charge in [0, 0.05) is 28.8 Å². The van der Waals surface area contributed by atoms with Crippen LogP contribution in [0.1, 0.15) is 57.8 Å². The third-order valence-corrected chi connectivity index (χ3v) is 7.76. The third kappa shape index (κ3) is 6.48. The van der Waals surface area contributed by atoms with Gasteiger partial charge in [-0.2, -0.15) is 0 Å². The van der Waals surface area contributed by atoms with Crippen molar-refractivity contribution in [3.63, 3.8) is 0 Å². The molecule has 7 heteroatoms. The average molecular weight is 581 g/mol. The fourth-order valence-corrected chi connectivity index (χ4v) is 5.25. The average Bonchev–Trinajstić information content (AvgIpc) is 3.54. The van der Waals surface area contributed by atoms with Crippen molar-refractivity contribution in [3.8, 4) is 5.75 Å². The van der Waals surface area contributed by atoms with E-state index in [1.165, 1.54) is 5.57 Å². The van der Waals surface area contributed by atoms with E-state index in [0.29, 0.717) is 23.5 Å². The zero-order chi connectivity index (χ0) is 30.3. The van der Waals surface area contributed by atoms with Crippen LogP contribution in [0.2, 0.25) is 0 Å². The number of rotatable bonds is 10. The molecule has 0 radical (unpaired) electrons. The normalized spacial score (nSPS) is 16.5. The fourth-order valence-electron chi connectivity index (χ4n) is 5.25. The van der Waals surface area contributed by atoms with Gasteiger partial charge in [0.15, 0.2) is 17.8 Å². The lowest BCUT2D eigenvalue weighted by atomic mass is 9.99. The van der Waals surface area contributed by atoms with Crippen molar-refractivity contribution in [1.82, 2.24) is 5.32 Å². The number of hydrogen-bond acceptors (Lipinski definition) is 6. The van der Waals surface area contributed by atoms with E-state index in [1.807, 2.05) is 91.0 Å². The first-order valence-electron chi connectivity index (χ1n) is 14.6. The van der Waals surface area contributed by atoms with Crippen LogP contribution >= 0.6 is 0 Å². The van der Waals surface area contributed by atoms with Crippen molar-refractivity contribution in [2.45, 2.75) is 25.2 Å². The summed E-state index contributed by atoms with van der Waals surface area (Å²) in [5.41, 5.74) is 6.88. The van der Waals surface area contributed by atoms with Gasteiger partial charge in [-0.25, -0.2) is 9.98 Å². The Kier molecular flexibility index (Phi) is 8.66. The number of allylic oxidation sites excluding steroid dienone is 3. The summed E-state index contributed by atoms with van der Waals surface area (Å²) in [4.78, 5) is 33.3. The van der Waals surface area contributed by atoms with Crippen molar-refractivity contribution in [3.05, 3.63) is 154 Å². The first-order valence-corrected chi connectivity index (χ1v) is 14.6. The van der Waals surface area contributed by atoms with Gasteiger partial charge in [0.05, 0.1) is 5.69 Å². The highest BCUT2D eigenvalue weighted by Crippen LogP contribution is 2.37. The molecular weight excluding hydrogens is 548 g/mol. The number of carbonyl (C=O) groups excluding carboxylic acids is 2. The van der Waals surface area contributed by atoms with Gasteiger partial charge in [0.2, 0.25) is 0 Å². The van der Waals surface area contributed by atoms with Gasteiger partial charge in [-0.3, -0.25) is 14.9 Å². The van der Waals surface area contributed by atoms with Crippen molar-refractivity contribution >= 4 is 30.3 Å². The van der Waals surface area contributed by atoms with E-state index in [2.05, 4.69) is 22.3 Å². The number of para-hydroxylation sites is 2. The zero-order valence-electron chi connectivity index (χ0n) is 24.1. The van der Waals surface area contributed by atoms with E-state index in [1.54, 1.807) is 24.3 Å². The van der Waals surface area contributed by atoms with Crippen LogP contribution < -0.4 is 15.4 Å². The molecule has 0 bridgehead atoms. The van der Waals surface area contributed by atoms with E-state index in [9.17, 15) is 9.59 Å². The molecule has 7 nitrogen and oxygen atoms in total. The van der Waals surface area contributed by atoms with Crippen molar-refractivity contribution in [2.24, 2.45) is 9.98 Å². The molecule has 0 amide bonds. The topological polar surface area (TPSA) is 92.2 Å². The number of ketones is 1. The number of fused-ring (bicyclic) bond motifs is 1. The smallest absolute Gasteiger partial charge is 0.196 e. The second kappa shape index (κ2) is 13.3. The summed E-state index contributed by atoms with van der Waals surface area (Å²) in [6.45, 7) is 4.38. The van der Waals surface area contributed by atoms with Crippen LogP contribution in [-0.4, -0.2) is 31.2 Å². The highest BCUT2D eigenvalue weighted by molar-refractivity contribution is 6.09. The molecule has 0 aromatic heterocycles. The highest BCUT2D eigenvalue weighted by atomic mass is 16.5. The standard InChI is InChI=1S/C37H32N4O3/c1-38-35(29-17-15-28(16-18-29)34(43)27-7-3-2-4-8-27)41-36(39-23-25-11-13-26(24-42)14-12-25)30-19-21-31(22-20-30)37-40-32-9-5-6-10-33(32)44-37/h2-11,13,15-22,24,36-37,39-40H,1,12,14,23H2/b41-35-. The maximum absolute atomic E-state index is 12.9. The molecule has 2 N–H and O–H groups in total. The zero-order valence-corrected chi connectivity index (χ0v) is 24.1. The van der Waals surface area contributed by atoms with Crippen molar-refractivity contribution in [2.75, 3.05) is 11.9 Å². The number of anilines is 1. The van der Waals surface area contributed by atoms with Crippen LogP contribution in [0.4, 0.5) is 5.69 Å². The number of hydrogen-bond donors (Lipinski definition) is 2. The van der Waals surface area contributed by atoms with Gasteiger partial charge >= 0.3 is 0 Å². The second-order valence-corrected chi connectivity index (χ2v) is 10.7. The monoisotopic (exact) mass is 580 g/mol. The first-order chi connectivity index (χ1) is 21.6. The predicted molar refractivity (Wildman–Crippen MR) is 174 cm³/mol. The van der Waals surface area contributed by atoms with Gasteiger partial charge in [0.25, 0.3) is 0 Å². The van der Waals surface area contributed by atoms with Crippen LogP contribution in [0.5, 0.6) is 5.75 Å². The molecule has 0 saturated heterocycles. The summed E-state index contributed by atoms with van der Waals surface area (Å²) in [5.74, 6) is 1.25. The summed E-state index contributed by atoms with van der Waals surface area (Å²) in [6.07, 6.45) is 5.62. The number of benzene rings is 4. The number of nitrogens with zero attached hydrogens (tertiary/aromatic N) is 2. The molecule has 0 fully saturated rings. The maximum atomic E-state index is 12.9. The lowest BCUT2D eigenvalue weighted by Crippen LogP contribution is -2.24. The highest BCUT2D eigenvalue weighted by Gasteiger charge is 2.23. The number of aldehydes is 1. The first kappa shape index (κ1) is 28.7. The number of amidine groups is 1. The number of carbonyl (C=O) groups is 2. The Balaban J connectivity index is 1.25. The summed E-state index contributed by atoms with van der Waals surface area (Å²) in [7, 11) is 0. The lowest BCUT2D eigenvalue weighted by Gasteiger charge is -2.20. The largest absolute Gasteiger partial charge is 0.464 e. The van der Waals surface area contributed by atoms with Crippen molar-refractivity contribution < 1.29 is 14.3 Å². The van der Waals surface area contributed by atoms with Gasteiger partial charge in [-0.05, 0) is 42.8 Å². The van der Waals surface area contributed by atoms with Crippen LogP contribution in [-0.2, 0) is 4.79 Å². The molecule has 2 atom stereocenters. The van der Waals surface area contributed by atoms with Crippen LogP contribution in [0.25, 0.3) is 0 Å². The van der Waals surface area contributed by atoms with Gasteiger partial charge in [-0.1, -0.05) is 109 Å². The summed E-state index contributed by atoms with van der Waals surface area (Å²) >= 11 is 0. The molecule has 6 rings (SSSR count). The van der Waals surface area contributed by atoms with Crippen LogP contribution in [0.3, 0.4) is 0 Å². The summed E-state index contributed by atoms with van der Waals surface area (Å²) in [5, 5.41) is 6.98. The molecule has 0 spiro atoms. The quantitative estimate of drug-likeness (QED) is 0.0912. The Morgan fingerprint density at radius 2 is 1.59 bits per heavy atom. The number of ether oxygens (including phenoxy) is 1. The van der Waals surface area contributed by atoms with Gasteiger partial charge < -0.3 is 10.1 Å². The van der Waals surface area contributed by atoms with E-state index in [-0.39, 0.29) is 12.0 Å². The van der Waals surface area contributed by atoms with E-state index in [0.717, 1.165) is 52.8 Å². The molecule has 2 unspecified atom stereocenters. The molecule has 218 valence electrons. The molecule has 1 heterocycles. The minimum atomic E-state index is -0.429. The summed E-state index contributed by atoms with van der Waals surface area (Å²) < 4.78 is 6.09. The number of aliphatic imine (C=N–C) groups is 2. The minimum absolute atomic E-state index is 0.0433. The molecule has 1 aliphatic heterocycles. The van der Waals surface area contributed by atoms with E-state index < -0.39 is 6.17 Å². The Bertz CT molecular complexity index is 1730. The van der Waals surface area contributed by atoms with Crippen molar-refractivity contribution in [1.29, 1.82) is 0 Å². The van der Waals surface area contributed by atoms with E-state index >= 15 is 0 Å². The lowest BCUT2D eigenvalue weighted by molar-refractivity contribution is -0.105. The van der Waals surface area contributed by atoms with Crippen LogP contribution in [0, 0.1) is 0 Å². The number of nitrogens with one attached hydrogen (secondary N) is 2. The van der Waals surface area contributed by atoms with Gasteiger partial charge in [-0.15, -0.1) is 0 Å². The Hall–Kier alpha value is -5.40. The SMILES string of the molecule is C=N/C(=N\C(NCC1=CC=C(C=O)CC1)c1ccc(C2Nc3ccccc3O2)cc1)c1ccc(C(=O)c2ccccc2)cc1. The predicted octanol–water partition coefficient (Wildman–Crippen LogP) is 7.00. The summed E-state index contributed by atoms with van der Waals surface area (Å²) in [6, 6.07) is 32.5. The van der Waals surface area contributed by atoms with E-state index in [4.69, 9.17) is 9.73 Å². The maximum Gasteiger partial charge on any atom is 0.196 e. The molecule has 4 aromatic carbocycles. The molecule has 4 aromatic rings. The Morgan fingerprint density at radius 3 is 2.27 bits per heavy atom. The molecular formula is C37H32N4O3. The second-order valence-electron chi connectivity index (χ2n) is 10.7. The molecule has 2 aliphatic rings. The molecule has 1 aliphatic carbocycles. The Labute approximate surface area is 256 Å². The minimum Gasteiger partial charge on any atom is -0.464 e. The Morgan fingerprint density at radius 1 is 0.886 bits per heavy atom. The van der Waals surface area contributed by atoms with Crippen LogP contribution in [0.15, 0.2) is 136 Å². The van der Waals surface area contributed by atoms with Gasteiger partial charge in [0.1, 0.15) is 18.2 Å². The third-order valence-electron chi connectivity index (χ3n) is 7.76. The molecule has 0 saturated carbocycles.